The van der Waals surface area contributed by atoms with Crippen molar-refractivity contribution in [1.29, 1.82) is 0 Å². The summed E-state index contributed by atoms with van der Waals surface area (Å²) in [5, 5.41) is 0. The van der Waals surface area contributed by atoms with Crippen molar-refractivity contribution in [3.63, 3.8) is 0 Å². The highest BCUT2D eigenvalue weighted by molar-refractivity contribution is 7.88. The zero-order chi connectivity index (χ0) is 19.9. The summed E-state index contributed by atoms with van der Waals surface area (Å²) < 4.78 is 65.8. The van der Waals surface area contributed by atoms with E-state index in [-0.39, 0.29) is 30.6 Å². The molecule has 0 spiro atoms. The van der Waals surface area contributed by atoms with Crippen LogP contribution in [0.5, 0.6) is 0 Å². The van der Waals surface area contributed by atoms with Crippen molar-refractivity contribution < 1.29 is 26.4 Å². The van der Waals surface area contributed by atoms with E-state index in [1.54, 1.807) is 18.7 Å². The third kappa shape index (κ3) is 4.20. The van der Waals surface area contributed by atoms with Crippen molar-refractivity contribution in [1.82, 2.24) is 9.21 Å². The van der Waals surface area contributed by atoms with E-state index in [4.69, 9.17) is 0 Å². The number of amides is 1. The number of sulfonamides is 1. The predicted molar refractivity (Wildman–Crippen MR) is 91.7 cm³/mol. The number of rotatable bonds is 4. The summed E-state index contributed by atoms with van der Waals surface area (Å²) in [6.45, 7) is 6.84. The van der Waals surface area contributed by atoms with Crippen LogP contribution in [0.1, 0.15) is 38.8 Å². The van der Waals surface area contributed by atoms with Gasteiger partial charge >= 0.3 is 6.18 Å². The topological polar surface area (TPSA) is 57.7 Å². The van der Waals surface area contributed by atoms with Crippen LogP contribution in [0.15, 0.2) is 24.3 Å². The highest BCUT2D eigenvalue weighted by Gasteiger charge is 2.44. The highest BCUT2D eigenvalue weighted by Crippen LogP contribution is 2.34. The van der Waals surface area contributed by atoms with E-state index in [0.29, 0.717) is 0 Å². The number of hydrogen-bond donors (Lipinski definition) is 0. The molecule has 2 rings (SSSR count). The highest BCUT2D eigenvalue weighted by atomic mass is 32.2. The minimum absolute atomic E-state index is 0.0352. The van der Waals surface area contributed by atoms with Gasteiger partial charge in [0.25, 0.3) is 0 Å². The Kier molecular flexibility index (Phi) is 5.45. The molecule has 1 fully saturated rings. The Morgan fingerprint density at radius 1 is 1.19 bits per heavy atom. The molecule has 0 aliphatic carbocycles. The molecule has 9 heteroatoms. The van der Waals surface area contributed by atoms with Gasteiger partial charge in [0.05, 0.1) is 23.4 Å². The standard InChI is InChI=1S/C17H23F3N2O3S/c1-12(2)22-15(23)9-21(11-16(22,3)4)26(24,25)10-13-7-5-6-8-14(13)17(18,19)20/h5-8,12H,9-11H2,1-4H3. The molecule has 0 unspecified atom stereocenters. The lowest BCUT2D eigenvalue weighted by Gasteiger charge is -2.48. The Hall–Kier alpha value is -1.61. The van der Waals surface area contributed by atoms with Crippen LogP contribution in [0.2, 0.25) is 0 Å². The number of carbonyl (C=O) groups excluding carboxylic acids is 1. The smallest absolute Gasteiger partial charge is 0.333 e. The molecule has 0 N–H and O–H groups in total. The third-order valence-corrected chi connectivity index (χ3v) is 6.09. The fourth-order valence-electron chi connectivity index (χ4n) is 3.52. The Labute approximate surface area is 151 Å². The lowest BCUT2D eigenvalue weighted by molar-refractivity contribution is -0.144. The predicted octanol–water partition coefficient (Wildman–Crippen LogP) is 2.87. The average Bonchev–Trinajstić information content (AvgIpc) is 2.43. The molecule has 1 amide bonds. The molecule has 1 aliphatic rings. The first-order valence-corrected chi connectivity index (χ1v) is 9.82. The number of piperazine rings is 1. The summed E-state index contributed by atoms with van der Waals surface area (Å²) in [7, 11) is -4.09. The Bertz CT molecular complexity index is 789. The molecule has 1 aromatic carbocycles. The van der Waals surface area contributed by atoms with E-state index < -0.39 is 33.1 Å². The van der Waals surface area contributed by atoms with Crippen LogP contribution in [-0.4, -0.2) is 48.2 Å². The fourth-order valence-corrected chi connectivity index (χ4v) is 5.17. The van der Waals surface area contributed by atoms with Gasteiger partial charge in [0, 0.05) is 12.6 Å². The summed E-state index contributed by atoms with van der Waals surface area (Å²) in [6, 6.07) is 4.49. The molecule has 1 aliphatic heterocycles. The molecule has 5 nitrogen and oxygen atoms in total. The van der Waals surface area contributed by atoms with E-state index in [1.165, 1.54) is 12.1 Å². The summed E-state index contributed by atoms with van der Waals surface area (Å²) in [5.41, 5.74) is -2.05. The molecule has 146 valence electrons. The van der Waals surface area contributed by atoms with Crippen molar-refractivity contribution >= 4 is 15.9 Å². The molecule has 0 atom stereocenters. The molecule has 26 heavy (non-hydrogen) atoms. The Morgan fingerprint density at radius 2 is 1.77 bits per heavy atom. The van der Waals surface area contributed by atoms with Crippen LogP contribution < -0.4 is 0 Å². The number of benzene rings is 1. The number of hydrogen-bond acceptors (Lipinski definition) is 3. The first-order valence-electron chi connectivity index (χ1n) is 8.21. The molecule has 1 saturated heterocycles. The normalized spacial score (nSPS) is 19.2. The van der Waals surface area contributed by atoms with Gasteiger partial charge < -0.3 is 4.90 Å². The van der Waals surface area contributed by atoms with E-state index in [0.717, 1.165) is 16.4 Å². The van der Waals surface area contributed by atoms with Crippen molar-refractivity contribution in [3.8, 4) is 0 Å². The second-order valence-corrected chi connectivity index (χ2v) is 9.32. The van der Waals surface area contributed by atoms with Crippen LogP contribution in [0, 0.1) is 0 Å². The summed E-state index contributed by atoms with van der Waals surface area (Å²) in [5.74, 6) is -1.16. The zero-order valence-corrected chi connectivity index (χ0v) is 16.0. The van der Waals surface area contributed by atoms with Gasteiger partial charge in [-0.15, -0.1) is 0 Å². The maximum atomic E-state index is 13.1. The van der Waals surface area contributed by atoms with Crippen LogP contribution in [-0.2, 0) is 26.7 Å². The largest absolute Gasteiger partial charge is 0.416 e. The second-order valence-electron chi connectivity index (χ2n) is 7.35. The Balaban J connectivity index is 2.32. The molecule has 0 aromatic heterocycles. The Morgan fingerprint density at radius 3 is 2.27 bits per heavy atom. The van der Waals surface area contributed by atoms with Crippen molar-refractivity contribution in [2.24, 2.45) is 0 Å². The molecule has 0 saturated carbocycles. The zero-order valence-electron chi connectivity index (χ0n) is 15.2. The van der Waals surface area contributed by atoms with E-state index in [9.17, 15) is 26.4 Å². The summed E-state index contributed by atoms with van der Waals surface area (Å²) in [4.78, 5) is 14.0. The summed E-state index contributed by atoms with van der Waals surface area (Å²) in [6.07, 6.45) is -4.64. The molecule has 0 bridgehead atoms. The van der Waals surface area contributed by atoms with Crippen LogP contribution >= 0.6 is 0 Å². The average molecular weight is 392 g/mol. The number of carbonyl (C=O) groups is 1. The number of nitrogens with zero attached hydrogens (tertiary/aromatic N) is 2. The van der Waals surface area contributed by atoms with Crippen LogP contribution in [0.4, 0.5) is 13.2 Å². The maximum Gasteiger partial charge on any atom is 0.416 e. The minimum atomic E-state index is -4.64. The van der Waals surface area contributed by atoms with Gasteiger partial charge in [-0.05, 0) is 39.3 Å². The van der Waals surface area contributed by atoms with Gasteiger partial charge in [0.2, 0.25) is 15.9 Å². The lowest BCUT2D eigenvalue weighted by atomic mass is 9.98. The first kappa shape index (κ1) is 20.7. The second kappa shape index (κ2) is 6.84. The molecular weight excluding hydrogens is 369 g/mol. The van der Waals surface area contributed by atoms with Gasteiger partial charge in [-0.25, -0.2) is 8.42 Å². The monoisotopic (exact) mass is 392 g/mol. The number of halogens is 3. The van der Waals surface area contributed by atoms with Gasteiger partial charge in [-0.2, -0.15) is 17.5 Å². The van der Waals surface area contributed by atoms with E-state index in [1.807, 2.05) is 13.8 Å². The van der Waals surface area contributed by atoms with Crippen molar-refractivity contribution in [3.05, 3.63) is 35.4 Å². The van der Waals surface area contributed by atoms with E-state index >= 15 is 0 Å². The molecule has 0 radical (unpaired) electrons. The van der Waals surface area contributed by atoms with Crippen LogP contribution in [0.3, 0.4) is 0 Å². The third-order valence-electron chi connectivity index (χ3n) is 4.37. The number of alkyl halides is 3. The quantitative estimate of drug-likeness (QED) is 0.792. The van der Waals surface area contributed by atoms with Crippen molar-refractivity contribution in [2.45, 2.75) is 51.2 Å². The SMILES string of the molecule is CC(C)N1C(=O)CN(S(=O)(=O)Cc2ccccc2C(F)(F)F)CC1(C)C. The van der Waals surface area contributed by atoms with Gasteiger partial charge in [0.1, 0.15) is 0 Å². The van der Waals surface area contributed by atoms with E-state index in [2.05, 4.69) is 0 Å². The van der Waals surface area contributed by atoms with Gasteiger partial charge in [-0.3, -0.25) is 4.79 Å². The van der Waals surface area contributed by atoms with Gasteiger partial charge in [0.15, 0.2) is 0 Å². The fraction of sp³-hybridized carbons (Fsp3) is 0.588. The van der Waals surface area contributed by atoms with Gasteiger partial charge in [-0.1, -0.05) is 18.2 Å². The molecule has 1 heterocycles. The maximum absolute atomic E-state index is 13.1. The van der Waals surface area contributed by atoms with Crippen molar-refractivity contribution in [2.75, 3.05) is 13.1 Å². The lowest BCUT2D eigenvalue weighted by Crippen LogP contribution is -2.64. The van der Waals surface area contributed by atoms with Crippen LogP contribution in [0.25, 0.3) is 0 Å². The summed E-state index contributed by atoms with van der Waals surface area (Å²) >= 11 is 0. The molecule has 1 aromatic rings. The minimum Gasteiger partial charge on any atom is -0.333 e. The molecular formula is C17H23F3N2O3S. The first-order chi connectivity index (χ1) is 11.8.